The Kier molecular flexibility index (Phi) is 6.09. The number of amides is 1. The van der Waals surface area contributed by atoms with Gasteiger partial charge in [0.25, 0.3) is 5.91 Å². The van der Waals surface area contributed by atoms with Crippen LogP contribution in [0.2, 0.25) is 0 Å². The summed E-state index contributed by atoms with van der Waals surface area (Å²) in [5, 5.41) is 11.4. The highest BCUT2D eigenvalue weighted by Gasteiger charge is 2.16. The van der Waals surface area contributed by atoms with Crippen molar-refractivity contribution in [3.8, 4) is 0 Å². The molecule has 2 aromatic rings. The van der Waals surface area contributed by atoms with Gasteiger partial charge in [-0.25, -0.2) is 0 Å². The fourth-order valence-corrected chi connectivity index (χ4v) is 2.38. The third-order valence-corrected chi connectivity index (χ3v) is 3.57. The van der Waals surface area contributed by atoms with E-state index in [2.05, 4.69) is 29.4 Å². The van der Waals surface area contributed by atoms with Crippen molar-refractivity contribution in [2.24, 2.45) is 0 Å². The number of aromatic nitrogens is 2. The van der Waals surface area contributed by atoms with E-state index in [4.69, 9.17) is 0 Å². The average molecular weight is 312 g/mol. The zero-order valence-electron chi connectivity index (χ0n) is 14.0. The van der Waals surface area contributed by atoms with E-state index in [0.717, 1.165) is 37.2 Å². The van der Waals surface area contributed by atoms with Crippen molar-refractivity contribution < 1.29 is 4.79 Å². The van der Waals surface area contributed by atoms with Gasteiger partial charge in [-0.2, -0.15) is 0 Å². The highest BCUT2D eigenvalue weighted by Crippen LogP contribution is 2.18. The molecule has 0 radical (unpaired) electrons. The number of anilines is 2. The fourth-order valence-electron chi connectivity index (χ4n) is 2.38. The first-order valence-corrected chi connectivity index (χ1v) is 8.11. The second kappa shape index (κ2) is 8.27. The van der Waals surface area contributed by atoms with Crippen LogP contribution in [-0.4, -0.2) is 34.1 Å². The van der Waals surface area contributed by atoms with Gasteiger partial charge in [-0.3, -0.25) is 4.79 Å². The van der Waals surface area contributed by atoms with E-state index < -0.39 is 0 Å². The van der Waals surface area contributed by atoms with E-state index in [1.54, 1.807) is 12.1 Å². The number of nitrogens with zero attached hydrogens (tertiary/aromatic N) is 3. The first kappa shape index (κ1) is 16.9. The normalized spacial score (nSPS) is 10.4. The van der Waals surface area contributed by atoms with Crippen LogP contribution in [0.1, 0.15) is 42.7 Å². The summed E-state index contributed by atoms with van der Waals surface area (Å²) in [5.41, 5.74) is 2.51. The van der Waals surface area contributed by atoms with Crippen molar-refractivity contribution in [2.75, 3.05) is 18.4 Å². The minimum Gasteiger partial charge on any atom is -0.339 e. The first-order valence-electron chi connectivity index (χ1n) is 8.11. The van der Waals surface area contributed by atoms with Crippen LogP contribution in [0.15, 0.2) is 36.4 Å². The molecule has 0 aliphatic carbocycles. The molecule has 0 aliphatic rings. The Balaban J connectivity index is 2.09. The monoisotopic (exact) mass is 312 g/mol. The van der Waals surface area contributed by atoms with Gasteiger partial charge in [-0.1, -0.05) is 32.0 Å². The van der Waals surface area contributed by atoms with E-state index in [0.29, 0.717) is 11.5 Å². The molecule has 5 heteroatoms. The molecule has 2 rings (SSSR count). The van der Waals surface area contributed by atoms with Gasteiger partial charge in [0.2, 0.25) is 0 Å². The van der Waals surface area contributed by atoms with Crippen molar-refractivity contribution in [3.05, 3.63) is 47.7 Å². The van der Waals surface area contributed by atoms with Crippen molar-refractivity contribution >= 4 is 17.4 Å². The maximum atomic E-state index is 12.5. The molecule has 0 bridgehead atoms. The number of nitrogens with one attached hydrogen (secondary N) is 1. The summed E-state index contributed by atoms with van der Waals surface area (Å²) in [5.74, 6) is 0.581. The molecule has 122 valence electrons. The Morgan fingerprint density at radius 3 is 2.30 bits per heavy atom. The summed E-state index contributed by atoms with van der Waals surface area (Å²) in [6.45, 7) is 7.66. The third kappa shape index (κ3) is 4.52. The number of carbonyl (C=O) groups is 1. The quantitative estimate of drug-likeness (QED) is 0.845. The molecule has 0 saturated carbocycles. The molecular formula is C18H24N4O. The second-order valence-corrected chi connectivity index (χ2v) is 5.54. The van der Waals surface area contributed by atoms with Gasteiger partial charge in [0.15, 0.2) is 11.5 Å². The molecule has 0 unspecified atom stereocenters. The topological polar surface area (TPSA) is 58.1 Å². The fraction of sp³-hybridized carbons (Fsp3) is 0.389. The number of hydrogen-bond acceptors (Lipinski definition) is 4. The largest absolute Gasteiger partial charge is 0.339 e. The number of hydrogen-bond donors (Lipinski definition) is 1. The molecule has 1 heterocycles. The van der Waals surface area contributed by atoms with Crippen molar-refractivity contribution in [2.45, 2.75) is 33.6 Å². The number of benzene rings is 1. The molecule has 0 atom stereocenters. The van der Waals surface area contributed by atoms with Gasteiger partial charge in [0, 0.05) is 18.8 Å². The third-order valence-electron chi connectivity index (χ3n) is 3.57. The molecule has 0 saturated heterocycles. The molecule has 1 amide bonds. The maximum absolute atomic E-state index is 12.5. The predicted molar refractivity (Wildman–Crippen MR) is 93.0 cm³/mol. The number of carbonyl (C=O) groups excluding carboxylic acids is 1. The van der Waals surface area contributed by atoms with E-state index in [1.165, 1.54) is 0 Å². The van der Waals surface area contributed by atoms with Crippen LogP contribution < -0.4 is 5.32 Å². The van der Waals surface area contributed by atoms with E-state index in [9.17, 15) is 4.79 Å². The van der Waals surface area contributed by atoms with Crippen LogP contribution in [0.3, 0.4) is 0 Å². The summed E-state index contributed by atoms with van der Waals surface area (Å²) in [6, 6.07) is 11.5. The molecule has 5 nitrogen and oxygen atoms in total. The van der Waals surface area contributed by atoms with Gasteiger partial charge in [-0.05, 0) is 43.5 Å². The van der Waals surface area contributed by atoms with Crippen LogP contribution in [0.25, 0.3) is 0 Å². The Hall–Kier alpha value is -2.43. The highest BCUT2D eigenvalue weighted by molar-refractivity contribution is 5.92. The Morgan fingerprint density at radius 2 is 1.74 bits per heavy atom. The second-order valence-electron chi connectivity index (χ2n) is 5.54. The highest BCUT2D eigenvalue weighted by atomic mass is 16.2. The van der Waals surface area contributed by atoms with Crippen molar-refractivity contribution in [3.63, 3.8) is 0 Å². The number of aryl methyl sites for hydroxylation is 1. The lowest BCUT2D eigenvalue weighted by Crippen LogP contribution is -2.33. The summed E-state index contributed by atoms with van der Waals surface area (Å²) in [4.78, 5) is 14.3. The molecule has 1 aromatic carbocycles. The summed E-state index contributed by atoms with van der Waals surface area (Å²) >= 11 is 0. The Labute approximate surface area is 137 Å². The molecule has 0 aliphatic heterocycles. The summed E-state index contributed by atoms with van der Waals surface area (Å²) in [7, 11) is 0. The lowest BCUT2D eigenvalue weighted by atomic mass is 10.2. The van der Waals surface area contributed by atoms with E-state index in [-0.39, 0.29) is 5.91 Å². The van der Waals surface area contributed by atoms with Crippen LogP contribution in [0.4, 0.5) is 11.5 Å². The molecule has 0 spiro atoms. The summed E-state index contributed by atoms with van der Waals surface area (Å²) in [6.07, 6.45) is 1.87. The van der Waals surface area contributed by atoms with Crippen molar-refractivity contribution in [1.29, 1.82) is 0 Å². The van der Waals surface area contributed by atoms with Gasteiger partial charge in [-0.15, -0.1) is 10.2 Å². The number of para-hydroxylation sites is 1. The van der Waals surface area contributed by atoms with Crippen LogP contribution in [-0.2, 0) is 0 Å². The zero-order chi connectivity index (χ0) is 16.7. The van der Waals surface area contributed by atoms with Crippen LogP contribution in [0, 0.1) is 6.92 Å². The smallest absolute Gasteiger partial charge is 0.274 e. The molecule has 23 heavy (non-hydrogen) atoms. The minimum absolute atomic E-state index is 0.0522. The average Bonchev–Trinajstić information content (AvgIpc) is 2.57. The van der Waals surface area contributed by atoms with Crippen LogP contribution >= 0.6 is 0 Å². The lowest BCUT2D eigenvalue weighted by Gasteiger charge is -2.20. The lowest BCUT2D eigenvalue weighted by molar-refractivity contribution is 0.0748. The van der Waals surface area contributed by atoms with E-state index >= 15 is 0 Å². The van der Waals surface area contributed by atoms with Crippen LogP contribution in [0.5, 0.6) is 0 Å². The Bertz CT molecular complexity index is 634. The van der Waals surface area contributed by atoms with Gasteiger partial charge in [0.05, 0.1) is 0 Å². The van der Waals surface area contributed by atoms with Gasteiger partial charge >= 0.3 is 0 Å². The standard InChI is InChI=1S/C18H24N4O/c1-4-12-22(13-5-2)18(23)16-10-11-17(21-20-16)19-15-9-7-6-8-14(15)3/h6-11H,4-5,12-13H2,1-3H3,(H,19,21). The molecule has 1 N–H and O–H groups in total. The van der Waals surface area contributed by atoms with Gasteiger partial charge in [0.1, 0.15) is 0 Å². The zero-order valence-corrected chi connectivity index (χ0v) is 14.0. The minimum atomic E-state index is -0.0522. The molecule has 0 fully saturated rings. The van der Waals surface area contributed by atoms with E-state index in [1.807, 2.05) is 36.1 Å². The van der Waals surface area contributed by atoms with Crippen molar-refractivity contribution in [1.82, 2.24) is 15.1 Å². The predicted octanol–water partition coefficient (Wildman–Crippen LogP) is 3.79. The number of rotatable bonds is 7. The summed E-state index contributed by atoms with van der Waals surface area (Å²) < 4.78 is 0. The molecule has 1 aromatic heterocycles. The Morgan fingerprint density at radius 1 is 1.04 bits per heavy atom. The SMILES string of the molecule is CCCN(CCC)C(=O)c1ccc(Nc2ccccc2C)nn1. The molecular weight excluding hydrogens is 288 g/mol. The first-order chi connectivity index (χ1) is 11.2. The maximum Gasteiger partial charge on any atom is 0.274 e. The van der Waals surface area contributed by atoms with Gasteiger partial charge < -0.3 is 10.2 Å².